The van der Waals surface area contributed by atoms with E-state index in [1.54, 1.807) is 6.08 Å². The molecule has 0 fully saturated rings. The Morgan fingerprint density at radius 1 is 1.86 bits per heavy atom. The van der Waals surface area contributed by atoms with E-state index in [9.17, 15) is 0 Å². The molecule has 0 saturated heterocycles. The number of hydrogen-bond acceptors (Lipinski definition) is 1. The fourth-order valence-corrected chi connectivity index (χ4v) is 0.704. The Morgan fingerprint density at radius 2 is 2.71 bits per heavy atom. The standard InChI is InChI=1S/C6H10O/c7-6-4-2-1-3-5-6/h2,4,6-7H,1,3,5H2/i6D. The smallest absolute Gasteiger partial charge is 0.0721 e. The Morgan fingerprint density at radius 3 is 3.00 bits per heavy atom. The molecule has 7 heavy (non-hydrogen) atoms. The molecule has 0 aromatic heterocycles. The van der Waals surface area contributed by atoms with Crippen LogP contribution in [-0.4, -0.2) is 11.2 Å². The normalized spacial score (nSPS) is 43.3. The maximum Gasteiger partial charge on any atom is 0.0721 e. The van der Waals surface area contributed by atoms with Crippen molar-refractivity contribution < 1.29 is 6.48 Å². The molecule has 1 atom stereocenters. The Hall–Kier alpha value is -0.300. The monoisotopic (exact) mass is 99.1 g/mol. The summed E-state index contributed by atoms with van der Waals surface area (Å²) in [7, 11) is 0. The molecular formula is C6H10O. The van der Waals surface area contributed by atoms with Crippen molar-refractivity contribution >= 4 is 0 Å². The van der Waals surface area contributed by atoms with Gasteiger partial charge in [0.15, 0.2) is 0 Å². The SMILES string of the molecule is [2H]C1(O)C=CCCC1. The van der Waals surface area contributed by atoms with Crippen molar-refractivity contribution in [2.75, 3.05) is 0 Å². The summed E-state index contributed by atoms with van der Waals surface area (Å²) < 4.78 is 7.09. The fourth-order valence-electron chi connectivity index (χ4n) is 0.704. The van der Waals surface area contributed by atoms with Crippen LogP contribution >= 0.6 is 0 Å². The number of aliphatic hydroxyl groups is 1. The van der Waals surface area contributed by atoms with E-state index in [2.05, 4.69) is 0 Å². The molecule has 0 heterocycles. The summed E-state index contributed by atoms with van der Waals surface area (Å²) in [5, 5.41) is 8.95. The third-order valence-corrected chi connectivity index (χ3v) is 1.11. The van der Waals surface area contributed by atoms with Gasteiger partial charge in [0.1, 0.15) is 0 Å². The van der Waals surface area contributed by atoms with Gasteiger partial charge in [-0.05, 0) is 19.3 Å². The average Bonchev–Trinajstić information content (AvgIpc) is 1.65. The van der Waals surface area contributed by atoms with Gasteiger partial charge in [-0.1, -0.05) is 12.2 Å². The summed E-state index contributed by atoms with van der Waals surface area (Å²) in [5.41, 5.74) is 0. The lowest BCUT2D eigenvalue weighted by atomic mass is 10.1. The molecule has 1 nitrogen and oxygen atoms in total. The molecule has 0 aliphatic heterocycles. The van der Waals surface area contributed by atoms with Gasteiger partial charge in [-0.25, -0.2) is 0 Å². The van der Waals surface area contributed by atoms with Crippen LogP contribution in [0.15, 0.2) is 12.2 Å². The van der Waals surface area contributed by atoms with Crippen LogP contribution in [-0.2, 0) is 0 Å². The van der Waals surface area contributed by atoms with Crippen molar-refractivity contribution in [2.24, 2.45) is 0 Å². The molecule has 40 valence electrons. The Labute approximate surface area is 45.1 Å². The van der Waals surface area contributed by atoms with Gasteiger partial charge in [-0.3, -0.25) is 0 Å². The molecule has 1 aliphatic carbocycles. The van der Waals surface area contributed by atoms with Crippen molar-refractivity contribution in [3.05, 3.63) is 12.2 Å². The van der Waals surface area contributed by atoms with E-state index in [-0.39, 0.29) is 0 Å². The van der Waals surface area contributed by atoms with E-state index in [1.165, 1.54) is 0 Å². The van der Waals surface area contributed by atoms with E-state index in [0.29, 0.717) is 6.42 Å². The summed E-state index contributed by atoms with van der Waals surface area (Å²) in [6.07, 6.45) is 4.70. The molecule has 0 spiro atoms. The highest BCUT2D eigenvalue weighted by atomic mass is 16.3. The predicted molar refractivity (Wildman–Crippen MR) is 29.0 cm³/mol. The van der Waals surface area contributed by atoms with Crippen LogP contribution in [0.2, 0.25) is 0 Å². The largest absolute Gasteiger partial charge is 0.389 e. The average molecular weight is 99.2 g/mol. The van der Waals surface area contributed by atoms with Gasteiger partial charge in [-0.15, -0.1) is 0 Å². The lowest BCUT2D eigenvalue weighted by Crippen LogP contribution is -2.04. The Bertz CT molecular complexity index is 107. The second-order valence-corrected chi connectivity index (χ2v) is 1.79. The van der Waals surface area contributed by atoms with E-state index in [4.69, 9.17) is 6.48 Å². The maximum absolute atomic E-state index is 8.95. The molecule has 1 N–H and O–H groups in total. The van der Waals surface area contributed by atoms with Crippen molar-refractivity contribution in [3.63, 3.8) is 0 Å². The lowest BCUT2D eigenvalue weighted by Gasteiger charge is -2.07. The molecule has 0 aromatic rings. The van der Waals surface area contributed by atoms with E-state index in [1.807, 2.05) is 6.08 Å². The number of rotatable bonds is 0. The summed E-state index contributed by atoms with van der Waals surface area (Å²) >= 11 is 0. The molecule has 1 aliphatic rings. The second-order valence-electron chi connectivity index (χ2n) is 1.79. The first-order valence-electron chi connectivity index (χ1n) is 3.11. The first-order chi connectivity index (χ1) is 3.71. The Balaban J connectivity index is 2.56. The van der Waals surface area contributed by atoms with E-state index >= 15 is 0 Å². The molecule has 0 amide bonds. The minimum absolute atomic E-state index is 0.587. The minimum Gasteiger partial charge on any atom is -0.389 e. The fraction of sp³-hybridized carbons (Fsp3) is 0.667. The quantitative estimate of drug-likeness (QED) is 0.451. The first kappa shape index (κ1) is 3.67. The number of allylic oxidation sites excluding steroid dienone is 1. The molecule has 0 saturated carbocycles. The maximum atomic E-state index is 8.95. The predicted octanol–water partition coefficient (Wildman–Crippen LogP) is 1.09. The molecule has 0 bridgehead atoms. The van der Waals surface area contributed by atoms with Gasteiger partial charge < -0.3 is 5.11 Å². The summed E-state index contributed by atoms with van der Waals surface area (Å²) in [5.74, 6) is 0. The van der Waals surface area contributed by atoms with Gasteiger partial charge >= 0.3 is 0 Å². The highest BCUT2D eigenvalue weighted by Gasteiger charge is 2.00. The van der Waals surface area contributed by atoms with Crippen LogP contribution in [0, 0.1) is 0 Å². The Kier molecular flexibility index (Phi) is 1.11. The van der Waals surface area contributed by atoms with Crippen LogP contribution in [0.4, 0.5) is 0 Å². The van der Waals surface area contributed by atoms with Crippen molar-refractivity contribution in [1.82, 2.24) is 0 Å². The van der Waals surface area contributed by atoms with Crippen molar-refractivity contribution in [3.8, 4) is 0 Å². The molecule has 1 heteroatoms. The molecule has 0 aromatic carbocycles. The second kappa shape index (κ2) is 2.12. The summed E-state index contributed by atoms with van der Waals surface area (Å²) in [6, 6.07) is 0. The number of hydrogen-bond donors (Lipinski definition) is 1. The minimum atomic E-state index is -1.25. The molecule has 1 unspecified atom stereocenters. The zero-order chi connectivity index (χ0) is 6.04. The third kappa shape index (κ3) is 1.32. The first-order valence-corrected chi connectivity index (χ1v) is 2.61. The van der Waals surface area contributed by atoms with Crippen molar-refractivity contribution in [2.45, 2.75) is 25.3 Å². The van der Waals surface area contributed by atoms with Crippen LogP contribution in [0.5, 0.6) is 0 Å². The van der Waals surface area contributed by atoms with Gasteiger partial charge in [0.2, 0.25) is 0 Å². The summed E-state index contributed by atoms with van der Waals surface area (Å²) in [6.45, 7) is 0. The lowest BCUT2D eigenvalue weighted by molar-refractivity contribution is 0.204. The molecular weight excluding hydrogens is 88.1 g/mol. The third-order valence-electron chi connectivity index (χ3n) is 1.11. The topological polar surface area (TPSA) is 20.2 Å². The van der Waals surface area contributed by atoms with Crippen molar-refractivity contribution in [1.29, 1.82) is 0 Å². The molecule has 0 radical (unpaired) electrons. The summed E-state index contributed by atoms with van der Waals surface area (Å²) in [4.78, 5) is 0. The van der Waals surface area contributed by atoms with Crippen LogP contribution < -0.4 is 0 Å². The van der Waals surface area contributed by atoms with Gasteiger partial charge in [0.05, 0.1) is 7.45 Å². The van der Waals surface area contributed by atoms with Gasteiger partial charge in [0.25, 0.3) is 0 Å². The van der Waals surface area contributed by atoms with Crippen LogP contribution in [0.1, 0.15) is 20.6 Å². The zero-order valence-electron chi connectivity index (χ0n) is 5.22. The van der Waals surface area contributed by atoms with E-state index in [0.717, 1.165) is 12.8 Å². The van der Waals surface area contributed by atoms with Crippen LogP contribution in [0.3, 0.4) is 0 Å². The van der Waals surface area contributed by atoms with Gasteiger partial charge in [0, 0.05) is 0 Å². The zero-order valence-corrected chi connectivity index (χ0v) is 4.22. The van der Waals surface area contributed by atoms with Gasteiger partial charge in [-0.2, -0.15) is 0 Å². The molecule has 1 rings (SSSR count). The van der Waals surface area contributed by atoms with Crippen LogP contribution in [0.25, 0.3) is 0 Å². The highest BCUT2D eigenvalue weighted by molar-refractivity contribution is 4.92. The van der Waals surface area contributed by atoms with E-state index < -0.39 is 6.08 Å². The highest BCUT2D eigenvalue weighted by Crippen LogP contribution is 2.08.